The van der Waals surface area contributed by atoms with Gasteiger partial charge in [0.05, 0.1) is 48.9 Å². The number of amides is 3. The summed E-state index contributed by atoms with van der Waals surface area (Å²) in [5, 5.41) is 6.19. The SMILES string of the molecule is Cl.O.O=C1Nc2cc(Cl)ccc2N(C(=O)CNCC(=O)N2CCOCC2)c2ccccc21. The number of carbonyl (C=O) groups is 3. The normalized spacial score (nSPS) is 14.7. The molecule has 4 N–H and O–H groups in total. The largest absolute Gasteiger partial charge is 0.412 e. The van der Waals surface area contributed by atoms with E-state index in [-0.39, 0.29) is 48.7 Å². The van der Waals surface area contributed by atoms with Gasteiger partial charge in [0.15, 0.2) is 0 Å². The lowest BCUT2D eigenvalue weighted by Crippen LogP contribution is -2.46. The van der Waals surface area contributed by atoms with E-state index in [0.29, 0.717) is 54.0 Å². The Balaban J connectivity index is 0.00000181. The molecule has 9 nitrogen and oxygen atoms in total. The van der Waals surface area contributed by atoms with E-state index in [1.54, 1.807) is 47.4 Å². The Kier molecular flexibility index (Phi) is 8.99. The molecule has 2 heterocycles. The number of hydrogen-bond acceptors (Lipinski definition) is 5. The van der Waals surface area contributed by atoms with E-state index in [9.17, 15) is 14.4 Å². The summed E-state index contributed by atoms with van der Waals surface area (Å²) in [4.78, 5) is 41.3. The molecule has 172 valence electrons. The number of fused-ring (bicyclic) bond motifs is 2. The Labute approximate surface area is 196 Å². The minimum Gasteiger partial charge on any atom is -0.412 e. The summed E-state index contributed by atoms with van der Waals surface area (Å²) < 4.78 is 5.25. The highest BCUT2D eigenvalue weighted by atomic mass is 35.5. The lowest BCUT2D eigenvalue weighted by molar-refractivity contribution is -0.134. The van der Waals surface area contributed by atoms with Crippen molar-refractivity contribution in [2.24, 2.45) is 0 Å². The van der Waals surface area contributed by atoms with Gasteiger partial charge in [0.1, 0.15) is 0 Å². The van der Waals surface area contributed by atoms with Crippen molar-refractivity contribution in [3.05, 3.63) is 53.1 Å². The Morgan fingerprint density at radius 3 is 2.47 bits per heavy atom. The van der Waals surface area contributed by atoms with Crippen molar-refractivity contribution >= 4 is 58.8 Å². The van der Waals surface area contributed by atoms with Gasteiger partial charge in [-0.1, -0.05) is 23.7 Å². The predicted molar refractivity (Wildman–Crippen MR) is 124 cm³/mol. The van der Waals surface area contributed by atoms with Gasteiger partial charge in [0.2, 0.25) is 11.8 Å². The molecule has 11 heteroatoms. The number of carbonyl (C=O) groups excluding carboxylic acids is 3. The van der Waals surface area contributed by atoms with Crippen molar-refractivity contribution < 1.29 is 24.6 Å². The van der Waals surface area contributed by atoms with Crippen LogP contribution in [0.25, 0.3) is 0 Å². The van der Waals surface area contributed by atoms with Gasteiger partial charge in [-0.05, 0) is 30.3 Å². The third-order valence-electron chi connectivity index (χ3n) is 5.00. The number of hydrogen-bond donors (Lipinski definition) is 2. The van der Waals surface area contributed by atoms with Gasteiger partial charge in [-0.2, -0.15) is 0 Å². The van der Waals surface area contributed by atoms with Gasteiger partial charge in [-0.25, -0.2) is 0 Å². The molecule has 0 radical (unpaired) electrons. The second-order valence-electron chi connectivity index (χ2n) is 6.96. The van der Waals surface area contributed by atoms with Crippen molar-refractivity contribution in [1.29, 1.82) is 0 Å². The van der Waals surface area contributed by atoms with Gasteiger partial charge in [0, 0.05) is 18.1 Å². The number of rotatable bonds is 4. The number of nitrogens with zero attached hydrogens (tertiary/aromatic N) is 2. The zero-order valence-corrected chi connectivity index (χ0v) is 18.7. The van der Waals surface area contributed by atoms with Gasteiger partial charge in [-0.15, -0.1) is 12.4 Å². The lowest BCUT2D eigenvalue weighted by atomic mass is 10.1. The molecule has 0 aromatic heterocycles. The van der Waals surface area contributed by atoms with E-state index >= 15 is 0 Å². The van der Waals surface area contributed by atoms with Crippen LogP contribution in [-0.4, -0.2) is 67.5 Å². The van der Waals surface area contributed by atoms with E-state index in [0.717, 1.165) is 0 Å². The molecule has 3 amide bonds. The number of morpholine rings is 1. The first-order valence-electron chi connectivity index (χ1n) is 9.64. The maximum Gasteiger partial charge on any atom is 0.257 e. The van der Waals surface area contributed by atoms with Crippen LogP contribution in [0, 0.1) is 0 Å². The highest BCUT2D eigenvalue weighted by Crippen LogP contribution is 2.39. The van der Waals surface area contributed by atoms with E-state index in [1.165, 1.54) is 4.90 Å². The monoisotopic (exact) mass is 482 g/mol. The maximum absolute atomic E-state index is 13.2. The first kappa shape index (κ1) is 25.6. The zero-order chi connectivity index (χ0) is 21.1. The minimum atomic E-state index is -0.320. The molecule has 2 aliphatic heterocycles. The summed E-state index contributed by atoms with van der Waals surface area (Å²) in [6.45, 7) is 2.13. The third kappa shape index (κ3) is 5.37. The summed E-state index contributed by atoms with van der Waals surface area (Å²) in [6.07, 6.45) is 0. The smallest absolute Gasteiger partial charge is 0.257 e. The highest BCUT2D eigenvalue weighted by molar-refractivity contribution is 6.31. The number of nitrogens with one attached hydrogen (secondary N) is 2. The van der Waals surface area contributed by atoms with Crippen LogP contribution in [0.3, 0.4) is 0 Å². The third-order valence-corrected chi connectivity index (χ3v) is 5.24. The Morgan fingerprint density at radius 2 is 1.72 bits per heavy atom. The number of para-hydroxylation sites is 1. The van der Waals surface area contributed by atoms with Crippen molar-refractivity contribution in [2.75, 3.05) is 49.6 Å². The van der Waals surface area contributed by atoms with Gasteiger partial charge >= 0.3 is 0 Å². The molecular formula is C21H24Cl2N4O5. The second-order valence-corrected chi connectivity index (χ2v) is 7.40. The van der Waals surface area contributed by atoms with Crippen molar-refractivity contribution in [2.45, 2.75) is 0 Å². The standard InChI is InChI=1S/C21H21ClN4O4.ClH.H2O/c22-14-5-6-18-16(11-14)24-21(29)15-3-1-2-4-17(15)26(18)20(28)13-23-12-19(27)25-7-9-30-10-8-25;;/h1-6,11,23H,7-10,12-13H2,(H,24,29);1H;1H2. The minimum absolute atomic E-state index is 0. The van der Waals surface area contributed by atoms with Crippen LogP contribution >= 0.6 is 24.0 Å². The van der Waals surface area contributed by atoms with Gasteiger partial charge in [0.25, 0.3) is 5.91 Å². The maximum atomic E-state index is 13.2. The van der Waals surface area contributed by atoms with Crippen LogP contribution in [0.2, 0.25) is 5.02 Å². The van der Waals surface area contributed by atoms with Gasteiger partial charge < -0.3 is 20.4 Å². The number of ether oxygens (including phenoxy) is 1. The number of anilines is 3. The van der Waals surface area contributed by atoms with Crippen LogP contribution in [0.4, 0.5) is 17.1 Å². The molecule has 4 rings (SSSR count). The Bertz CT molecular complexity index is 998. The van der Waals surface area contributed by atoms with Crippen molar-refractivity contribution in [1.82, 2.24) is 10.2 Å². The quantitative estimate of drug-likeness (QED) is 0.685. The predicted octanol–water partition coefficient (Wildman–Crippen LogP) is 1.62. The number of halogens is 2. The summed E-state index contributed by atoms with van der Waals surface area (Å²) in [5.74, 6) is -0.691. The first-order chi connectivity index (χ1) is 14.5. The second kappa shape index (κ2) is 11.3. The fraction of sp³-hybridized carbons (Fsp3) is 0.286. The summed E-state index contributed by atoms with van der Waals surface area (Å²) in [5.41, 5.74) is 1.82. The molecular weight excluding hydrogens is 459 g/mol. The molecule has 32 heavy (non-hydrogen) atoms. The van der Waals surface area contributed by atoms with E-state index < -0.39 is 0 Å². The van der Waals surface area contributed by atoms with E-state index in [2.05, 4.69) is 10.6 Å². The van der Waals surface area contributed by atoms with Crippen molar-refractivity contribution in [3.8, 4) is 0 Å². The van der Waals surface area contributed by atoms with Crippen molar-refractivity contribution in [3.63, 3.8) is 0 Å². The molecule has 0 aliphatic carbocycles. The fourth-order valence-electron chi connectivity index (χ4n) is 3.53. The number of benzene rings is 2. The Hall–Kier alpha value is -2.69. The van der Waals surface area contributed by atoms with Crippen LogP contribution in [0.5, 0.6) is 0 Å². The van der Waals surface area contributed by atoms with Crippen LogP contribution in [-0.2, 0) is 14.3 Å². The Morgan fingerprint density at radius 1 is 1.03 bits per heavy atom. The molecule has 0 saturated carbocycles. The van der Waals surface area contributed by atoms with Crippen LogP contribution in [0.1, 0.15) is 10.4 Å². The summed E-state index contributed by atoms with van der Waals surface area (Å²) >= 11 is 6.09. The average Bonchev–Trinajstić information content (AvgIpc) is 2.88. The molecule has 2 aromatic carbocycles. The van der Waals surface area contributed by atoms with Crippen LogP contribution < -0.4 is 15.5 Å². The molecule has 0 unspecified atom stereocenters. The topological polar surface area (TPSA) is 122 Å². The molecule has 1 saturated heterocycles. The first-order valence-corrected chi connectivity index (χ1v) is 10.0. The molecule has 1 fully saturated rings. The lowest BCUT2D eigenvalue weighted by Gasteiger charge is -2.27. The molecule has 0 spiro atoms. The van der Waals surface area contributed by atoms with Crippen LogP contribution in [0.15, 0.2) is 42.5 Å². The average molecular weight is 483 g/mol. The molecule has 2 aliphatic rings. The molecule has 2 aromatic rings. The highest BCUT2D eigenvalue weighted by Gasteiger charge is 2.29. The van der Waals surface area contributed by atoms with Gasteiger partial charge in [-0.3, -0.25) is 24.6 Å². The fourth-order valence-corrected chi connectivity index (χ4v) is 3.70. The van der Waals surface area contributed by atoms with E-state index in [4.69, 9.17) is 16.3 Å². The molecule has 0 bridgehead atoms. The van der Waals surface area contributed by atoms with E-state index in [1.807, 2.05) is 0 Å². The summed E-state index contributed by atoms with van der Waals surface area (Å²) in [6, 6.07) is 11.8. The molecule has 0 atom stereocenters. The zero-order valence-electron chi connectivity index (χ0n) is 17.1. The summed E-state index contributed by atoms with van der Waals surface area (Å²) in [7, 11) is 0.